The second kappa shape index (κ2) is 9.74. The molecule has 1 aliphatic heterocycles. The number of carbonyl (C=O) groups excluding carboxylic acids is 2. The van der Waals surface area contributed by atoms with Gasteiger partial charge in [0, 0.05) is 31.4 Å². The zero-order valence-electron chi connectivity index (χ0n) is 16.2. The van der Waals surface area contributed by atoms with Crippen molar-refractivity contribution in [1.82, 2.24) is 5.32 Å². The minimum atomic E-state index is -0.200. The normalized spacial score (nSPS) is 14.1. The van der Waals surface area contributed by atoms with Gasteiger partial charge in [-0.3, -0.25) is 9.59 Å². The topological polar surface area (TPSA) is 58.6 Å². The molecule has 2 aromatic rings. The minimum absolute atomic E-state index is 0.0445. The summed E-state index contributed by atoms with van der Waals surface area (Å²) in [7, 11) is 1.56. The second-order valence-electron chi connectivity index (χ2n) is 6.82. The van der Waals surface area contributed by atoms with Gasteiger partial charge in [-0.25, -0.2) is 0 Å². The molecule has 28 heavy (non-hydrogen) atoms. The Labute approximate surface area is 166 Å². The van der Waals surface area contributed by atoms with E-state index in [4.69, 9.17) is 4.74 Å². The maximum Gasteiger partial charge on any atom is 0.257 e. The first-order valence-electron chi connectivity index (χ1n) is 9.66. The van der Waals surface area contributed by atoms with Gasteiger partial charge in [0.25, 0.3) is 5.91 Å². The van der Waals surface area contributed by atoms with Crippen LogP contribution in [0.15, 0.2) is 54.6 Å². The van der Waals surface area contributed by atoms with E-state index in [2.05, 4.69) is 22.3 Å². The lowest BCUT2D eigenvalue weighted by Crippen LogP contribution is -2.29. The lowest BCUT2D eigenvalue weighted by Gasteiger charge is -2.28. The number of carbonyl (C=O) groups is 2. The van der Waals surface area contributed by atoms with Crippen LogP contribution in [0.4, 0.5) is 5.69 Å². The van der Waals surface area contributed by atoms with Crippen molar-refractivity contribution in [2.75, 3.05) is 31.6 Å². The van der Waals surface area contributed by atoms with Crippen molar-refractivity contribution in [2.24, 2.45) is 0 Å². The smallest absolute Gasteiger partial charge is 0.257 e. The van der Waals surface area contributed by atoms with Gasteiger partial charge in [0.15, 0.2) is 12.4 Å². The molecule has 0 radical (unpaired) electrons. The third-order valence-electron chi connectivity index (χ3n) is 4.83. The predicted octanol–water partition coefficient (Wildman–Crippen LogP) is 3.70. The van der Waals surface area contributed by atoms with Gasteiger partial charge in [0.2, 0.25) is 0 Å². The van der Waals surface area contributed by atoms with Crippen molar-refractivity contribution in [2.45, 2.75) is 19.3 Å². The molecule has 1 heterocycles. The van der Waals surface area contributed by atoms with Crippen molar-refractivity contribution in [1.29, 1.82) is 0 Å². The number of nitrogens with one attached hydrogen (secondary N) is 1. The number of ether oxygens (including phenoxy) is 1. The summed E-state index contributed by atoms with van der Waals surface area (Å²) in [6.07, 6.45) is 7.24. The van der Waals surface area contributed by atoms with Crippen molar-refractivity contribution < 1.29 is 14.3 Å². The van der Waals surface area contributed by atoms with Gasteiger partial charge < -0.3 is 15.0 Å². The van der Waals surface area contributed by atoms with Gasteiger partial charge in [-0.05, 0) is 67.3 Å². The summed E-state index contributed by atoms with van der Waals surface area (Å²) in [5.41, 5.74) is 2.82. The molecule has 5 heteroatoms. The number of hydrogen-bond donors (Lipinski definition) is 1. The Morgan fingerprint density at radius 1 is 1.00 bits per heavy atom. The standard InChI is InChI=1S/C23H26N2O3/c1-24-23(27)17-28-21-12-8-19(9-13-21)22(26)14-7-18-5-10-20(11-6-18)25-15-3-2-4-16-25/h5-14H,2-4,15-17H2,1H3,(H,24,27)/b14-7+. The fourth-order valence-corrected chi connectivity index (χ4v) is 3.15. The molecule has 0 bridgehead atoms. The van der Waals surface area contributed by atoms with Crippen LogP contribution in [0.2, 0.25) is 0 Å². The van der Waals surface area contributed by atoms with Crippen LogP contribution in [0.25, 0.3) is 6.08 Å². The molecule has 0 atom stereocenters. The average Bonchev–Trinajstić information content (AvgIpc) is 2.77. The molecule has 2 aromatic carbocycles. The molecule has 1 amide bonds. The van der Waals surface area contributed by atoms with E-state index in [1.54, 1.807) is 37.4 Å². The first kappa shape index (κ1) is 19.7. The minimum Gasteiger partial charge on any atom is -0.484 e. The number of likely N-dealkylation sites (N-methyl/N-ethyl adjacent to an activating group) is 1. The summed E-state index contributed by atoms with van der Waals surface area (Å²) in [6, 6.07) is 15.1. The number of allylic oxidation sites excluding steroid dienone is 1. The molecule has 3 rings (SSSR count). The van der Waals surface area contributed by atoms with E-state index in [0.717, 1.165) is 18.7 Å². The largest absolute Gasteiger partial charge is 0.484 e. The summed E-state index contributed by atoms with van der Waals surface area (Å²) >= 11 is 0. The highest BCUT2D eigenvalue weighted by Crippen LogP contribution is 2.21. The fraction of sp³-hybridized carbons (Fsp3) is 0.304. The van der Waals surface area contributed by atoms with Gasteiger partial charge in [0.05, 0.1) is 0 Å². The molecule has 5 nitrogen and oxygen atoms in total. The number of ketones is 1. The number of benzene rings is 2. The molecule has 1 fully saturated rings. The van der Waals surface area contributed by atoms with Crippen LogP contribution in [-0.4, -0.2) is 38.4 Å². The number of rotatable bonds is 7. The van der Waals surface area contributed by atoms with Crippen LogP contribution in [-0.2, 0) is 4.79 Å². The van der Waals surface area contributed by atoms with E-state index in [1.807, 2.05) is 18.2 Å². The lowest BCUT2D eigenvalue weighted by molar-refractivity contribution is -0.122. The highest BCUT2D eigenvalue weighted by atomic mass is 16.5. The number of hydrogen-bond acceptors (Lipinski definition) is 4. The van der Waals surface area contributed by atoms with Crippen molar-refractivity contribution in [3.8, 4) is 5.75 Å². The average molecular weight is 378 g/mol. The zero-order chi connectivity index (χ0) is 19.8. The molecular formula is C23H26N2O3. The molecular weight excluding hydrogens is 352 g/mol. The monoisotopic (exact) mass is 378 g/mol. The summed E-state index contributed by atoms with van der Waals surface area (Å²) in [4.78, 5) is 26.0. The van der Waals surface area contributed by atoms with Gasteiger partial charge in [-0.2, -0.15) is 0 Å². The molecule has 0 saturated carbocycles. The molecule has 0 aliphatic carbocycles. The summed E-state index contributed by atoms with van der Waals surface area (Å²) < 4.78 is 5.34. The van der Waals surface area contributed by atoms with E-state index in [9.17, 15) is 9.59 Å². The number of piperidine rings is 1. The molecule has 1 aliphatic rings. The van der Waals surface area contributed by atoms with Crippen LogP contribution in [0.1, 0.15) is 35.2 Å². The third-order valence-corrected chi connectivity index (χ3v) is 4.83. The second-order valence-corrected chi connectivity index (χ2v) is 6.82. The van der Waals surface area contributed by atoms with E-state index in [1.165, 1.54) is 24.9 Å². The van der Waals surface area contributed by atoms with E-state index >= 15 is 0 Å². The zero-order valence-corrected chi connectivity index (χ0v) is 16.2. The van der Waals surface area contributed by atoms with Gasteiger partial charge >= 0.3 is 0 Å². The molecule has 1 saturated heterocycles. The lowest BCUT2D eigenvalue weighted by atomic mass is 10.1. The molecule has 1 N–H and O–H groups in total. The van der Waals surface area contributed by atoms with Crippen molar-refractivity contribution >= 4 is 23.5 Å². The first-order chi connectivity index (χ1) is 13.7. The Hall–Kier alpha value is -3.08. The molecule has 0 spiro atoms. The van der Waals surface area contributed by atoms with E-state index < -0.39 is 0 Å². The Kier molecular flexibility index (Phi) is 6.84. The Morgan fingerprint density at radius 2 is 1.68 bits per heavy atom. The molecule has 0 aromatic heterocycles. The fourth-order valence-electron chi connectivity index (χ4n) is 3.15. The molecule has 146 valence electrons. The summed E-state index contributed by atoms with van der Waals surface area (Å²) in [5.74, 6) is 0.282. The van der Waals surface area contributed by atoms with Crippen LogP contribution < -0.4 is 15.0 Å². The van der Waals surface area contributed by atoms with Gasteiger partial charge in [0.1, 0.15) is 5.75 Å². The van der Waals surface area contributed by atoms with Crippen LogP contribution in [0.3, 0.4) is 0 Å². The highest BCUT2D eigenvalue weighted by Gasteiger charge is 2.10. The number of anilines is 1. The molecule has 0 unspecified atom stereocenters. The quantitative estimate of drug-likeness (QED) is 0.590. The highest BCUT2D eigenvalue weighted by molar-refractivity contribution is 6.06. The van der Waals surface area contributed by atoms with E-state index in [0.29, 0.717) is 11.3 Å². The van der Waals surface area contributed by atoms with Crippen LogP contribution in [0.5, 0.6) is 5.75 Å². The van der Waals surface area contributed by atoms with Gasteiger partial charge in [-0.1, -0.05) is 18.2 Å². The maximum absolute atomic E-state index is 12.4. The van der Waals surface area contributed by atoms with Crippen LogP contribution in [0, 0.1) is 0 Å². The van der Waals surface area contributed by atoms with Gasteiger partial charge in [-0.15, -0.1) is 0 Å². The Morgan fingerprint density at radius 3 is 2.32 bits per heavy atom. The van der Waals surface area contributed by atoms with Crippen molar-refractivity contribution in [3.63, 3.8) is 0 Å². The maximum atomic E-state index is 12.4. The summed E-state index contributed by atoms with van der Waals surface area (Å²) in [6.45, 7) is 2.20. The number of amides is 1. The van der Waals surface area contributed by atoms with E-state index in [-0.39, 0.29) is 18.3 Å². The predicted molar refractivity (Wildman–Crippen MR) is 112 cm³/mol. The Balaban J connectivity index is 1.56. The SMILES string of the molecule is CNC(=O)COc1ccc(C(=O)/C=C/c2ccc(N3CCCCC3)cc2)cc1. The first-order valence-corrected chi connectivity index (χ1v) is 9.66. The number of nitrogens with zero attached hydrogens (tertiary/aromatic N) is 1. The third kappa shape index (κ3) is 5.46. The Bertz CT molecular complexity index is 820. The van der Waals surface area contributed by atoms with Crippen molar-refractivity contribution in [3.05, 3.63) is 65.7 Å². The van der Waals surface area contributed by atoms with Crippen LogP contribution >= 0.6 is 0 Å². The summed E-state index contributed by atoms with van der Waals surface area (Å²) in [5, 5.41) is 2.49.